The summed E-state index contributed by atoms with van der Waals surface area (Å²) in [6.45, 7) is 9.04. The molecule has 1 rings (SSSR count). The van der Waals surface area contributed by atoms with E-state index in [1.54, 1.807) is 0 Å². The normalized spacial score (nSPS) is 20.0. The lowest BCUT2D eigenvalue weighted by molar-refractivity contribution is 0.158. The predicted octanol–water partition coefficient (Wildman–Crippen LogP) is 1.04. The summed E-state index contributed by atoms with van der Waals surface area (Å²) < 4.78 is 0. The Morgan fingerprint density at radius 3 is 2.67 bits per heavy atom. The molecule has 1 fully saturated rings. The van der Waals surface area contributed by atoms with Crippen LogP contribution in [0.5, 0.6) is 0 Å². The smallest absolute Gasteiger partial charge is 0.317 e. The second-order valence-corrected chi connectivity index (χ2v) is 5.24. The largest absolute Gasteiger partial charge is 0.338 e. The molecule has 2 N–H and O–H groups in total. The number of hydrogen-bond acceptors (Lipinski definition) is 2. The number of hydrogen-bond donors (Lipinski definition) is 2. The van der Waals surface area contributed by atoms with Gasteiger partial charge in [0, 0.05) is 25.7 Å². The number of rotatable bonds is 3. The van der Waals surface area contributed by atoms with Crippen LogP contribution in [0.3, 0.4) is 0 Å². The summed E-state index contributed by atoms with van der Waals surface area (Å²) in [5.74, 6) is 0. The number of likely N-dealkylation sites (N-methyl/N-ethyl adjacent to an activating group) is 1. The van der Waals surface area contributed by atoms with E-state index in [2.05, 4.69) is 31.4 Å². The van der Waals surface area contributed by atoms with Crippen molar-refractivity contribution < 1.29 is 4.79 Å². The van der Waals surface area contributed by atoms with Crippen LogP contribution in [0, 0.1) is 5.41 Å². The molecule has 0 aliphatic carbocycles. The van der Waals surface area contributed by atoms with E-state index >= 15 is 0 Å². The maximum absolute atomic E-state index is 11.6. The van der Waals surface area contributed by atoms with Crippen LogP contribution in [0.25, 0.3) is 0 Å². The minimum atomic E-state index is 0.0748. The summed E-state index contributed by atoms with van der Waals surface area (Å²) in [5, 5.41) is 6.16. The first-order valence-corrected chi connectivity index (χ1v) is 5.65. The third kappa shape index (κ3) is 3.38. The molecule has 0 aromatic heterocycles. The van der Waals surface area contributed by atoms with Crippen molar-refractivity contribution in [1.82, 2.24) is 15.5 Å². The van der Waals surface area contributed by atoms with Gasteiger partial charge in [0.15, 0.2) is 0 Å². The van der Waals surface area contributed by atoms with Crippen molar-refractivity contribution >= 4 is 6.03 Å². The Morgan fingerprint density at radius 2 is 2.20 bits per heavy atom. The standard InChI is InChI=1S/C11H23N3O/c1-11(2,3)9(12-4)8-14-7-5-6-13-10(14)15/h9,12H,5-8H2,1-4H3,(H,13,15)/t9-/m1/s1. The molecule has 88 valence electrons. The van der Waals surface area contributed by atoms with Gasteiger partial charge >= 0.3 is 6.03 Å². The first kappa shape index (κ1) is 12.3. The van der Waals surface area contributed by atoms with Gasteiger partial charge in [0.1, 0.15) is 0 Å². The highest BCUT2D eigenvalue weighted by Crippen LogP contribution is 2.20. The Morgan fingerprint density at radius 1 is 1.53 bits per heavy atom. The Kier molecular flexibility index (Phi) is 3.97. The molecular weight excluding hydrogens is 190 g/mol. The Balaban J connectivity index is 2.54. The molecule has 1 heterocycles. The maximum atomic E-state index is 11.6. The quantitative estimate of drug-likeness (QED) is 0.735. The zero-order valence-electron chi connectivity index (χ0n) is 10.3. The van der Waals surface area contributed by atoms with Crippen molar-refractivity contribution in [3.8, 4) is 0 Å². The Labute approximate surface area is 92.4 Å². The minimum Gasteiger partial charge on any atom is -0.338 e. The molecule has 1 saturated heterocycles. The van der Waals surface area contributed by atoms with Crippen LogP contribution >= 0.6 is 0 Å². The van der Waals surface area contributed by atoms with E-state index in [4.69, 9.17) is 0 Å². The number of urea groups is 1. The fourth-order valence-electron chi connectivity index (χ4n) is 1.87. The SMILES string of the molecule is CN[C@H](CN1CCCNC1=O)C(C)(C)C. The summed E-state index contributed by atoms with van der Waals surface area (Å²) in [5.41, 5.74) is 0.173. The lowest BCUT2D eigenvalue weighted by atomic mass is 9.86. The predicted molar refractivity (Wildman–Crippen MR) is 61.9 cm³/mol. The van der Waals surface area contributed by atoms with Gasteiger partial charge in [-0.25, -0.2) is 4.79 Å². The van der Waals surface area contributed by atoms with E-state index in [0.717, 1.165) is 26.1 Å². The van der Waals surface area contributed by atoms with E-state index in [-0.39, 0.29) is 11.4 Å². The Bertz CT molecular complexity index is 222. The maximum Gasteiger partial charge on any atom is 0.317 e. The summed E-state index contributed by atoms with van der Waals surface area (Å²) in [6, 6.07) is 0.409. The number of carbonyl (C=O) groups excluding carboxylic acids is 1. The summed E-state index contributed by atoms with van der Waals surface area (Å²) in [7, 11) is 1.96. The molecular formula is C11H23N3O. The second-order valence-electron chi connectivity index (χ2n) is 5.24. The molecule has 1 aliphatic rings. The molecule has 0 aromatic carbocycles. The van der Waals surface area contributed by atoms with Gasteiger partial charge in [-0.1, -0.05) is 20.8 Å². The zero-order chi connectivity index (χ0) is 11.5. The molecule has 15 heavy (non-hydrogen) atoms. The molecule has 4 heteroatoms. The van der Waals surface area contributed by atoms with Crippen molar-refractivity contribution in [3.63, 3.8) is 0 Å². The lowest BCUT2D eigenvalue weighted by Crippen LogP contribution is -2.54. The van der Waals surface area contributed by atoms with Crippen molar-refractivity contribution in [2.45, 2.75) is 33.2 Å². The van der Waals surface area contributed by atoms with Gasteiger partial charge in [0.2, 0.25) is 0 Å². The van der Waals surface area contributed by atoms with E-state index < -0.39 is 0 Å². The van der Waals surface area contributed by atoms with E-state index in [1.807, 2.05) is 11.9 Å². The van der Waals surface area contributed by atoms with Gasteiger partial charge in [-0.2, -0.15) is 0 Å². The van der Waals surface area contributed by atoms with Gasteiger partial charge in [0.25, 0.3) is 0 Å². The van der Waals surface area contributed by atoms with E-state index in [1.165, 1.54) is 0 Å². The minimum absolute atomic E-state index is 0.0748. The van der Waals surface area contributed by atoms with Crippen LogP contribution in [-0.2, 0) is 0 Å². The van der Waals surface area contributed by atoms with Crippen LogP contribution in [-0.4, -0.2) is 43.7 Å². The first-order chi connectivity index (χ1) is 6.95. The monoisotopic (exact) mass is 213 g/mol. The van der Waals surface area contributed by atoms with Crippen LogP contribution in [0.15, 0.2) is 0 Å². The van der Waals surface area contributed by atoms with Gasteiger partial charge in [0.05, 0.1) is 0 Å². The van der Waals surface area contributed by atoms with Gasteiger partial charge in [-0.15, -0.1) is 0 Å². The fourth-order valence-corrected chi connectivity index (χ4v) is 1.87. The molecule has 0 bridgehead atoms. The highest BCUT2D eigenvalue weighted by Gasteiger charge is 2.28. The number of amides is 2. The Hall–Kier alpha value is -0.770. The molecule has 0 unspecified atom stereocenters. The van der Waals surface area contributed by atoms with Crippen LogP contribution in [0.2, 0.25) is 0 Å². The average Bonchev–Trinajstić information content (AvgIpc) is 2.14. The van der Waals surface area contributed by atoms with Crippen LogP contribution in [0.4, 0.5) is 4.79 Å². The highest BCUT2D eigenvalue weighted by atomic mass is 16.2. The fraction of sp³-hybridized carbons (Fsp3) is 0.909. The topological polar surface area (TPSA) is 44.4 Å². The number of carbonyl (C=O) groups is 1. The summed E-state index contributed by atoms with van der Waals surface area (Å²) in [6.07, 6.45) is 1.05. The van der Waals surface area contributed by atoms with Crippen molar-refractivity contribution in [2.24, 2.45) is 5.41 Å². The summed E-state index contributed by atoms with van der Waals surface area (Å²) >= 11 is 0. The second kappa shape index (κ2) is 4.84. The molecule has 0 radical (unpaired) electrons. The van der Waals surface area contributed by atoms with Gasteiger partial charge in [-0.3, -0.25) is 0 Å². The van der Waals surface area contributed by atoms with E-state index in [9.17, 15) is 4.79 Å². The average molecular weight is 213 g/mol. The molecule has 1 atom stereocenters. The molecule has 0 spiro atoms. The summed E-state index contributed by atoms with van der Waals surface area (Å²) in [4.78, 5) is 13.5. The molecule has 0 aromatic rings. The van der Waals surface area contributed by atoms with Crippen molar-refractivity contribution in [2.75, 3.05) is 26.7 Å². The van der Waals surface area contributed by atoms with Crippen LogP contribution < -0.4 is 10.6 Å². The van der Waals surface area contributed by atoms with Gasteiger partial charge < -0.3 is 15.5 Å². The number of nitrogens with one attached hydrogen (secondary N) is 2. The van der Waals surface area contributed by atoms with Crippen molar-refractivity contribution in [1.29, 1.82) is 0 Å². The third-order valence-electron chi connectivity index (χ3n) is 2.97. The van der Waals surface area contributed by atoms with Gasteiger partial charge in [-0.05, 0) is 18.9 Å². The zero-order valence-corrected chi connectivity index (χ0v) is 10.3. The highest BCUT2D eigenvalue weighted by molar-refractivity contribution is 5.74. The van der Waals surface area contributed by atoms with E-state index in [0.29, 0.717) is 6.04 Å². The molecule has 2 amide bonds. The first-order valence-electron chi connectivity index (χ1n) is 5.65. The van der Waals surface area contributed by atoms with Crippen molar-refractivity contribution in [3.05, 3.63) is 0 Å². The molecule has 0 saturated carbocycles. The molecule has 4 nitrogen and oxygen atoms in total. The van der Waals surface area contributed by atoms with Crippen LogP contribution in [0.1, 0.15) is 27.2 Å². The number of nitrogens with zero attached hydrogens (tertiary/aromatic N) is 1. The lowest BCUT2D eigenvalue weighted by Gasteiger charge is -2.36. The third-order valence-corrected chi connectivity index (χ3v) is 2.97. The molecule has 1 aliphatic heterocycles.